The smallest absolute Gasteiger partial charge is 0.219 e. The molecule has 0 radical (unpaired) electrons. The average Bonchev–Trinajstić information content (AvgIpc) is 2.73. The van der Waals surface area contributed by atoms with E-state index in [9.17, 15) is 0 Å². The Balaban J connectivity index is 1.87. The standard InChI is InChI=1S/C25H21N2O/c1-16-10-20-12-24-22-14-23(18-4-7-26-8-5-18)25(28-3)13-19(22)6-9-27(24)15-21(20)11-17(16)2/h4-15H,1-3H3/q+1. The lowest BCUT2D eigenvalue weighted by atomic mass is 9.99. The molecular weight excluding hydrogens is 344 g/mol. The molecule has 5 rings (SSSR count). The van der Waals surface area contributed by atoms with E-state index in [0.29, 0.717) is 0 Å². The Bertz CT molecular complexity index is 1360. The molecule has 3 nitrogen and oxygen atoms in total. The van der Waals surface area contributed by atoms with Gasteiger partial charge in [0.1, 0.15) is 5.75 Å². The van der Waals surface area contributed by atoms with Crippen LogP contribution < -0.4 is 9.14 Å². The van der Waals surface area contributed by atoms with Gasteiger partial charge in [-0.25, -0.2) is 0 Å². The van der Waals surface area contributed by atoms with Crippen molar-refractivity contribution in [1.82, 2.24) is 4.98 Å². The van der Waals surface area contributed by atoms with Gasteiger partial charge in [0.25, 0.3) is 0 Å². The first-order chi connectivity index (χ1) is 13.6. The van der Waals surface area contributed by atoms with Crippen LogP contribution in [0.4, 0.5) is 0 Å². The highest BCUT2D eigenvalue weighted by molar-refractivity contribution is 6.01. The molecule has 0 aliphatic rings. The van der Waals surface area contributed by atoms with Gasteiger partial charge < -0.3 is 4.74 Å². The summed E-state index contributed by atoms with van der Waals surface area (Å²) in [5.41, 5.74) is 5.99. The molecule has 0 amide bonds. The lowest BCUT2D eigenvalue weighted by molar-refractivity contribution is -0.509. The maximum Gasteiger partial charge on any atom is 0.219 e. The molecule has 0 bridgehead atoms. The molecule has 0 fully saturated rings. The maximum absolute atomic E-state index is 5.69. The molecule has 0 unspecified atom stereocenters. The highest BCUT2D eigenvalue weighted by Crippen LogP contribution is 2.35. The van der Waals surface area contributed by atoms with Crippen molar-refractivity contribution in [3.05, 3.63) is 84.4 Å². The van der Waals surface area contributed by atoms with Crippen LogP contribution >= 0.6 is 0 Å². The van der Waals surface area contributed by atoms with E-state index in [1.54, 1.807) is 7.11 Å². The van der Waals surface area contributed by atoms with Crippen LogP contribution in [0.1, 0.15) is 11.1 Å². The maximum atomic E-state index is 5.69. The molecule has 0 saturated carbocycles. The van der Waals surface area contributed by atoms with Crippen LogP contribution in [0.5, 0.6) is 5.75 Å². The minimum atomic E-state index is 0.871. The van der Waals surface area contributed by atoms with Gasteiger partial charge in [0.2, 0.25) is 5.52 Å². The van der Waals surface area contributed by atoms with Gasteiger partial charge in [-0.3, -0.25) is 4.98 Å². The Kier molecular flexibility index (Phi) is 3.76. The number of aryl methyl sites for hydroxylation is 2. The van der Waals surface area contributed by atoms with Crippen LogP contribution in [-0.4, -0.2) is 12.1 Å². The molecule has 3 heterocycles. The van der Waals surface area contributed by atoms with Crippen molar-refractivity contribution in [1.29, 1.82) is 0 Å². The summed E-state index contributed by atoms with van der Waals surface area (Å²) in [6.07, 6.45) is 7.97. The third-order valence-electron chi connectivity index (χ3n) is 5.60. The fourth-order valence-electron chi connectivity index (χ4n) is 3.92. The third kappa shape index (κ3) is 2.59. The number of methoxy groups -OCH3 is 1. The van der Waals surface area contributed by atoms with Crippen molar-refractivity contribution < 1.29 is 9.14 Å². The quantitative estimate of drug-likeness (QED) is 0.237. The Morgan fingerprint density at radius 3 is 2.32 bits per heavy atom. The molecule has 136 valence electrons. The minimum absolute atomic E-state index is 0.871. The predicted molar refractivity (Wildman–Crippen MR) is 114 cm³/mol. The van der Waals surface area contributed by atoms with Crippen molar-refractivity contribution in [2.75, 3.05) is 7.11 Å². The molecule has 0 saturated heterocycles. The second kappa shape index (κ2) is 6.31. The zero-order chi connectivity index (χ0) is 19.3. The van der Waals surface area contributed by atoms with E-state index in [-0.39, 0.29) is 0 Å². The Morgan fingerprint density at radius 1 is 0.821 bits per heavy atom. The Labute approximate surface area is 163 Å². The summed E-state index contributed by atoms with van der Waals surface area (Å²) in [4.78, 5) is 4.14. The van der Waals surface area contributed by atoms with Crippen molar-refractivity contribution in [3.8, 4) is 16.9 Å². The number of pyridine rings is 3. The molecule has 0 atom stereocenters. The number of hydrogen-bond donors (Lipinski definition) is 0. The Morgan fingerprint density at radius 2 is 1.57 bits per heavy atom. The lowest BCUT2D eigenvalue weighted by Crippen LogP contribution is -2.20. The Hall–Kier alpha value is -3.46. The predicted octanol–water partition coefficient (Wildman–Crippen LogP) is 5.42. The second-order valence-electron chi connectivity index (χ2n) is 7.32. The first-order valence-electron chi connectivity index (χ1n) is 9.41. The third-order valence-corrected chi connectivity index (χ3v) is 5.60. The zero-order valence-corrected chi connectivity index (χ0v) is 16.2. The average molecular weight is 365 g/mol. The number of fused-ring (bicyclic) bond motifs is 4. The number of rotatable bonds is 2. The number of nitrogens with zero attached hydrogens (tertiary/aromatic N) is 2. The van der Waals surface area contributed by atoms with Crippen molar-refractivity contribution in [3.63, 3.8) is 0 Å². The lowest BCUT2D eigenvalue weighted by Gasteiger charge is -2.11. The summed E-state index contributed by atoms with van der Waals surface area (Å²) in [7, 11) is 1.72. The summed E-state index contributed by atoms with van der Waals surface area (Å²) >= 11 is 0. The molecule has 0 aliphatic heterocycles. The van der Waals surface area contributed by atoms with Crippen molar-refractivity contribution in [2.24, 2.45) is 0 Å². The topological polar surface area (TPSA) is 26.2 Å². The van der Waals surface area contributed by atoms with Crippen LogP contribution in [0.15, 0.2) is 73.3 Å². The van der Waals surface area contributed by atoms with E-state index in [0.717, 1.165) is 22.3 Å². The van der Waals surface area contributed by atoms with Gasteiger partial charge in [0.15, 0.2) is 12.4 Å². The second-order valence-corrected chi connectivity index (χ2v) is 7.32. The molecular formula is C25H21N2O+. The molecule has 0 spiro atoms. The SMILES string of the molecule is COc1cc2cc[n+]3cc4cc(C)c(C)cc4cc3c2cc1-c1ccncc1. The number of ether oxygens (including phenoxy) is 1. The first kappa shape index (κ1) is 16.7. The number of aromatic nitrogens is 2. The van der Waals surface area contributed by atoms with Gasteiger partial charge in [0.05, 0.1) is 12.5 Å². The fourth-order valence-corrected chi connectivity index (χ4v) is 3.92. The van der Waals surface area contributed by atoms with Crippen LogP contribution in [0.25, 0.3) is 38.2 Å². The summed E-state index contributed by atoms with van der Waals surface area (Å²) in [6.45, 7) is 4.33. The van der Waals surface area contributed by atoms with E-state index < -0.39 is 0 Å². The van der Waals surface area contributed by atoms with Gasteiger partial charge in [-0.05, 0) is 71.6 Å². The van der Waals surface area contributed by atoms with E-state index in [4.69, 9.17) is 4.74 Å². The monoisotopic (exact) mass is 365 g/mol. The van der Waals surface area contributed by atoms with E-state index in [1.807, 2.05) is 24.5 Å². The normalized spacial score (nSPS) is 11.4. The summed E-state index contributed by atoms with van der Waals surface area (Å²) in [5, 5.41) is 4.88. The molecule has 0 N–H and O–H groups in total. The van der Waals surface area contributed by atoms with E-state index >= 15 is 0 Å². The van der Waals surface area contributed by atoms with Crippen LogP contribution in [-0.2, 0) is 0 Å². The highest BCUT2D eigenvalue weighted by Gasteiger charge is 2.15. The van der Waals surface area contributed by atoms with Gasteiger partial charge in [0, 0.05) is 35.5 Å². The van der Waals surface area contributed by atoms with Crippen LogP contribution in [0.3, 0.4) is 0 Å². The van der Waals surface area contributed by atoms with Gasteiger partial charge in [-0.2, -0.15) is 4.40 Å². The van der Waals surface area contributed by atoms with Crippen molar-refractivity contribution in [2.45, 2.75) is 13.8 Å². The van der Waals surface area contributed by atoms with Crippen LogP contribution in [0.2, 0.25) is 0 Å². The number of benzene rings is 2. The molecule has 28 heavy (non-hydrogen) atoms. The zero-order valence-electron chi connectivity index (χ0n) is 16.2. The molecule has 2 aromatic carbocycles. The molecule has 3 heteroatoms. The van der Waals surface area contributed by atoms with Gasteiger partial charge in [-0.1, -0.05) is 6.07 Å². The fraction of sp³-hybridized carbons (Fsp3) is 0.120. The van der Waals surface area contributed by atoms with E-state index in [1.165, 1.54) is 32.8 Å². The van der Waals surface area contributed by atoms with E-state index in [2.05, 4.69) is 72.0 Å². The van der Waals surface area contributed by atoms with Crippen molar-refractivity contribution >= 4 is 27.1 Å². The molecule has 0 aliphatic carbocycles. The molecule has 3 aromatic heterocycles. The molecule has 5 aromatic rings. The van der Waals surface area contributed by atoms with Crippen LogP contribution in [0, 0.1) is 13.8 Å². The van der Waals surface area contributed by atoms with Gasteiger partial charge in [-0.15, -0.1) is 0 Å². The summed E-state index contributed by atoms with van der Waals surface area (Å²) in [6, 6.07) is 17.4. The van der Waals surface area contributed by atoms with Gasteiger partial charge >= 0.3 is 0 Å². The first-order valence-corrected chi connectivity index (χ1v) is 9.41. The number of hydrogen-bond acceptors (Lipinski definition) is 2. The highest BCUT2D eigenvalue weighted by atomic mass is 16.5. The minimum Gasteiger partial charge on any atom is -0.496 e. The summed E-state index contributed by atoms with van der Waals surface area (Å²) in [5.74, 6) is 0.871. The summed E-state index contributed by atoms with van der Waals surface area (Å²) < 4.78 is 7.90. The largest absolute Gasteiger partial charge is 0.496 e.